The summed E-state index contributed by atoms with van der Waals surface area (Å²) in [6.45, 7) is 4.23. The van der Waals surface area contributed by atoms with Crippen LogP contribution in [0, 0.1) is 0 Å². The number of fused-ring (bicyclic) bond motifs is 1. The van der Waals surface area contributed by atoms with Crippen molar-refractivity contribution in [3.05, 3.63) is 24.2 Å². The van der Waals surface area contributed by atoms with Crippen LogP contribution >= 0.6 is 0 Å². The molecule has 1 aliphatic heterocycles. The lowest BCUT2D eigenvalue weighted by atomic mass is 10.2. The summed E-state index contributed by atoms with van der Waals surface area (Å²) in [5, 5.41) is 6.86. The van der Waals surface area contributed by atoms with Gasteiger partial charge < -0.3 is 10.2 Å². The molecule has 0 aliphatic carbocycles. The van der Waals surface area contributed by atoms with Crippen LogP contribution in [0.3, 0.4) is 0 Å². The normalized spacial score (nSPS) is 20.6. The van der Waals surface area contributed by atoms with E-state index >= 15 is 0 Å². The van der Waals surface area contributed by atoms with Crippen molar-refractivity contribution in [3.63, 3.8) is 0 Å². The number of nitrogens with zero attached hydrogens (tertiary/aromatic N) is 4. The topological polar surface area (TPSA) is 45.5 Å². The van der Waals surface area contributed by atoms with Crippen molar-refractivity contribution in [1.82, 2.24) is 19.9 Å². The van der Waals surface area contributed by atoms with Gasteiger partial charge in [-0.2, -0.15) is 18.3 Å². The van der Waals surface area contributed by atoms with E-state index in [0.29, 0.717) is 24.4 Å². The minimum absolute atomic E-state index is 0.274. The molecule has 5 nitrogen and oxygen atoms in total. The van der Waals surface area contributed by atoms with Gasteiger partial charge >= 0.3 is 6.18 Å². The van der Waals surface area contributed by atoms with Gasteiger partial charge in [-0.05, 0) is 6.92 Å². The summed E-state index contributed by atoms with van der Waals surface area (Å²) in [6.07, 6.45) is -1.54. The van der Waals surface area contributed by atoms with Gasteiger partial charge in [-0.25, -0.2) is 9.50 Å². The standard InChI is InChI=1S/C12H14F3N5/c1-8-7-19(4-2-16-8)11-9-6-10(12(13,14)15)18-20(9)5-3-17-11/h3,5-6,8,16H,2,4,7H2,1H3/t8-/m1/s1. The number of halogens is 3. The van der Waals surface area contributed by atoms with E-state index in [2.05, 4.69) is 15.4 Å². The highest BCUT2D eigenvalue weighted by Crippen LogP contribution is 2.31. The van der Waals surface area contributed by atoms with Crippen LogP contribution in [-0.2, 0) is 6.18 Å². The van der Waals surface area contributed by atoms with Crippen LogP contribution in [0.25, 0.3) is 5.52 Å². The van der Waals surface area contributed by atoms with E-state index in [9.17, 15) is 13.2 Å². The number of alkyl halides is 3. The molecule has 0 unspecified atom stereocenters. The van der Waals surface area contributed by atoms with E-state index in [0.717, 1.165) is 12.6 Å². The van der Waals surface area contributed by atoms with Crippen molar-refractivity contribution in [1.29, 1.82) is 0 Å². The molecule has 8 heteroatoms. The maximum absolute atomic E-state index is 12.7. The molecule has 0 radical (unpaired) electrons. The Morgan fingerprint density at radius 3 is 2.90 bits per heavy atom. The third-order valence-corrected chi connectivity index (χ3v) is 3.33. The molecule has 20 heavy (non-hydrogen) atoms. The van der Waals surface area contributed by atoms with Gasteiger partial charge in [0.2, 0.25) is 0 Å². The largest absolute Gasteiger partial charge is 0.435 e. The molecule has 0 spiro atoms. The molecule has 2 aromatic rings. The van der Waals surface area contributed by atoms with Gasteiger partial charge in [-0.15, -0.1) is 0 Å². The zero-order valence-electron chi connectivity index (χ0n) is 10.9. The minimum Gasteiger partial charge on any atom is -0.352 e. The highest BCUT2D eigenvalue weighted by atomic mass is 19.4. The van der Waals surface area contributed by atoms with E-state index in [1.807, 2.05) is 11.8 Å². The van der Waals surface area contributed by atoms with Crippen LogP contribution < -0.4 is 10.2 Å². The second kappa shape index (κ2) is 4.62. The highest BCUT2D eigenvalue weighted by Gasteiger charge is 2.34. The lowest BCUT2D eigenvalue weighted by molar-refractivity contribution is -0.141. The molecule has 0 saturated carbocycles. The number of nitrogens with one attached hydrogen (secondary N) is 1. The first-order chi connectivity index (χ1) is 9.45. The van der Waals surface area contributed by atoms with Crippen LogP contribution in [0.5, 0.6) is 0 Å². The highest BCUT2D eigenvalue weighted by molar-refractivity contribution is 5.69. The molecule has 1 saturated heterocycles. The summed E-state index contributed by atoms with van der Waals surface area (Å²) < 4.78 is 39.5. The molecular weight excluding hydrogens is 271 g/mol. The molecule has 108 valence electrons. The van der Waals surface area contributed by atoms with Crippen molar-refractivity contribution in [2.24, 2.45) is 0 Å². The van der Waals surface area contributed by atoms with Crippen LogP contribution in [0.4, 0.5) is 19.0 Å². The summed E-state index contributed by atoms with van der Waals surface area (Å²) in [5.74, 6) is 0.545. The van der Waals surface area contributed by atoms with Crippen molar-refractivity contribution in [3.8, 4) is 0 Å². The maximum atomic E-state index is 12.7. The first-order valence-electron chi connectivity index (χ1n) is 6.35. The van der Waals surface area contributed by atoms with E-state index in [1.165, 1.54) is 16.9 Å². The number of piperazine rings is 1. The van der Waals surface area contributed by atoms with Crippen LogP contribution in [0.15, 0.2) is 18.5 Å². The molecule has 0 aromatic carbocycles. The first-order valence-corrected chi connectivity index (χ1v) is 6.35. The fraction of sp³-hybridized carbons (Fsp3) is 0.500. The summed E-state index contributed by atoms with van der Waals surface area (Å²) in [5.41, 5.74) is -0.510. The second-order valence-corrected chi connectivity index (χ2v) is 4.91. The molecular formula is C12H14F3N5. The molecule has 3 heterocycles. The average Bonchev–Trinajstić information content (AvgIpc) is 2.82. The number of anilines is 1. The number of rotatable bonds is 1. The Labute approximate surface area is 113 Å². The fourth-order valence-electron chi connectivity index (χ4n) is 2.42. The average molecular weight is 285 g/mol. The van der Waals surface area contributed by atoms with E-state index in [1.54, 1.807) is 0 Å². The Hall–Kier alpha value is -1.83. The van der Waals surface area contributed by atoms with Crippen molar-refractivity contribution in [2.45, 2.75) is 19.1 Å². The molecule has 0 amide bonds. The Morgan fingerprint density at radius 1 is 1.40 bits per heavy atom. The maximum Gasteiger partial charge on any atom is 0.435 e. The third kappa shape index (κ3) is 2.31. The number of hydrogen-bond acceptors (Lipinski definition) is 4. The number of aromatic nitrogens is 3. The smallest absolute Gasteiger partial charge is 0.352 e. The van der Waals surface area contributed by atoms with Crippen LogP contribution in [0.2, 0.25) is 0 Å². The molecule has 1 atom stereocenters. The Balaban J connectivity index is 2.04. The fourth-order valence-corrected chi connectivity index (χ4v) is 2.42. The quantitative estimate of drug-likeness (QED) is 0.863. The van der Waals surface area contributed by atoms with Crippen molar-refractivity contribution >= 4 is 11.3 Å². The van der Waals surface area contributed by atoms with Crippen LogP contribution in [-0.4, -0.2) is 40.3 Å². The molecule has 1 fully saturated rings. The predicted molar refractivity (Wildman–Crippen MR) is 67.7 cm³/mol. The third-order valence-electron chi connectivity index (χ3n) is 3.33. The van der Waals surface area contributed by atoms with E-state index in [-0.39, 0.29) is 6.04 Å². The first kappa shape index (κ1) is 13.2. The van der Waals surface area contributed by atoms with E-state index in [4.69, 9.17) is 0 Å². The molecule has 2 aromatic heterocycles. The lowest BCUT2D eigenvalue weighted by Crippen LogP contribution is -2.49. The van der Waals surface area contributed by atoms with Gasteiger partial charge in [0.1, 0.15) is 5.52 Å². The van der Waals surface area contributed by atoms with Gasteiger partial charge in [0.15, 0.2) is 11.5 Å². The molecule has 3 rings (SSSR count). The number of hydrogen-bond donors (Lipinski definition) is 1. The second-order valence-electron chi connectivity index (χ2n) is 4.91. The van der Waals surface area contributed by atoms with Gasteiger partial charge in [-0.3, -0.25) is 0 Å². The Morgan fingerprint density at radius 2 is 2.20 bits per heavy atom. The van der Waals surface area contributed by atoms with Gasteiger partial charge in [0.25, 0.3) is 0 Å². The molecule has 0 bridgehead atoms. The van der Waals surface area contributed by atoms with Crippen molar-refractivity contribution in [2.75, 3.05) is 24.5 Å². The zero-order chi connectivity index (χ0) is 14.3. The van der Waals surface area contributed by atoms with E-state index < -0.39 is 11.9 Å². The van der Waals surface area contributed by atoms with Gasteiger partial charge in [0.05, 0.1) is 0 Å². The van der Waals surface area contributed by atoms with Gasteiger partial charge in [-0.1, -0.05) is 0 Å². The van der Waals surface area contributed by atoms with Crippen LogP contribution in [0.1, 0.15) is 12.6 Å². The monoisotopic (exact) mass is 285 g/mol. The summed E-state index contributed by atoms with van der Waals surface area (Å²) in [7, 11) is 0. The lowest BCUT2D eigenvalue weighted by Gasteiger charge is -2.32. The predicted octanol–water partition coefficient (Wildman–Crippen LogP) is 1.55. The summed E-state index contributed by atoms with van der Waals surface area (Å²) >= 11 is 0. The Bertz CT molecular complexity index is 621. The molecule has 1 N–H and O–H groups in total. The zero-order valence-corrected chi connectivity index (χ0v) is 10.9. The van der Waals surface area contributed by atoms with Gasteiger partial charge in [0, 0.05) is 44.1 Å². The SMILES string of the molecule is C[C@@H]1CN(c2nccn3nc(C(F)(F)F)cc23)CCN1. The summed E-state index contributed by atoms with van der Waals surface area (Å²) in [6, 6.07) is 1.32. The Kier molecular flexibility index (Phi) is 3.04. The van der Waals surface area contributed by atoms with Crippen molar-refractivity contribution < 1.29 is 13.2 Å². The molecule has 1 aliphatic rings. The minimum atomic E-state index is -4.44. The summed E-state index contributed by atoms with van der Waals surface area (Å²) in [4.78, 5) is 6.21.